The van der Waals surface area contributed by atoms with E-state index in [0.717, 1.165) is 6.54 Å². The molecule has 1 amide bonds. The quantitative estimate of drug-likeness (QED) is 0.508. The minimum Gasteiger partial charge on any atom is -0.465 e. The number of methoxy groups -OCH3 is 1. The minimum atomic E-state index is -3.73. The molecule has 0 atom stereocenters. The van der Waals surface area contributed by atoms with Crippen molar-refractivity contribution in [2.45, 2.75) is 11.4 Å². The SMILES string of the molecule is COC(=O)c1ccc(NC(=O)c2cccc(S(=O)(=O)N3CCN(Cc4ccccc4)CC3)c2)cc1. The van der Waals surface area contributed by atoms with E-state index in [1.165, 1.54) is 29.1 Å². The number of nitrogens with one attached hydrogen (secondary N) is 1. The highest BCUT2D eigenvalue weighted by molar-refractivity contribution is 7.89. The molecule has 0 spiro atoms. The summed E-state index contributed by atoms with van der Waals surface area (Å²) in [5.41, 5.74) is 2.26. The van der Waals surface area contributed by atoms with Crippen molar-refractivity contribution in [3.05, 3.63) is 95.6 Å². The predicted octanol–water partition coefficient (Wildman–Crippen LogP) is 3.23. The maximum Gasteiger partial charge on any atom is 0.337 e. The molecule has 0 unspecified atom stereocenters. The zero-order valence-corrected chi connectivity index (χ0v) is 20.2. The van der Waals surface area contributed by atoms with Crippen LogP contribution < -0.4 is 5.32 Å². The summed E-state index contributed by atoms with van der Waals surface area (Å²) in [6.45, 7) is 2.83. The fraction of sp³-hybridized carbons (Fsp3) is 0.231. The Labute approximate surface area is 205 Å². The molecule has 1 fully saturated rings. The average Bonchev–Trinajstić information content (AvgIpc) is 2.89. The van der Waals surface area contributed by atoms with Crippen LogP contribution in [0.25, 0.3) is 0 Å². The molecular formula is C26H27N3O5S. The van der Waals surface area contributed by atoms with E-state index in [4.69, 9.17) is 0 Å². The molecule has 4 rings (SSSR count). The van der Waals surface area contributed by atoms with Crippen LogP contribution in [0.1, 0.15) is 26.3 Å². The highest BCUT2D eigenvalue weighted by atomic mass is 32.2. The van der Waals surface area contributed by atoms with Crippen molar-refractivity contribution in [1.29, 1.82) is 0 Å². The van der Waals surface area contributed by atoms with Gasteiger partial charge in [-0.05, 0) is 48.0 Å². The van der Waals surface area contributed by atoms with Gasteiger partial charge in [-0.15, -0.1) is 0 Å². The number of anilines is 1. The minimum absolute atomic E-state index is 0.0858. The van der Waals surface area contributed by atoms with Crippen molar-refractivity contribution in [2.75, 3.05) is 38.6 Å². The van der Waals surface area contributed by atoms with Crippen molar-refractivity contribution in [3.8, 4) is 0 Å². The van der Waals surface area contributed by atoms with Crippen molar-refractivity contribution in [2.24, 2.45) is 0 Å². The molecule has 1 heterocycles. The fourth-order valence-corrected chi connectivity index (χ4v) is 5.40. The summed E-state index contributed by atoms with van der Waals surface area (Å²) in [6, 6.07) is 22.4. The maximum atomic E-state index is 13.2. The number of amides is 1. The van der Waals surface area contributed by atoms with Gasteiger partial charge < -0.3 is 10.1 Å². The molecule has 0 aromatic heterocycles. The fourth-order valence-electron chi connectivity index (χ4n) is 3.93. The van der Waals surface area contributed by atoms with Crippen molar-refractivity contribution in [1.82, 2.24) is 9.21 Å². The number of carbonyl (C=O) groups excluding carboxylic acids is 2. The van der Waals surface area contributed by atoms with Crippen LogP contribution in [-0.2, 0) is 21.3 Å². The zero-order chi connectivity index (χ0) is 24.8. The monoisotopic (exact) mass is 493 g/mol. The molecule has 35 heavy (non-hydrogen) atoms. The Hall–Kier alpha value is -3.53. The maximum absolute atomic E-state index is 13.2. The van der Waals surface area contributed by atoms with Gasteiger partial charge in [-0.3, -0.25) is 9.69 Å². The van der Waals surface area contributed by atoms with E-state index in [-0.39, 0.29) is 10.5 Å². The van der Waals surface area contributed by atoms with Crippen molar-refractivity contribution in [3.63, 3.8) is 0 Å². The first-order valence-corrected chi connectivity index (χ1v) is 12.7. The molecule has 1 aliphatic rings. The lowest BCUT2D eigenvalue weighted by molar-refractivity contribution is 0.0600. The van der Waals surface area contributed by atoms with Gasteiger partial charge in [-0.25, -0.2) is 13.2 Å². The van der Waals surface area contributed by atoms with Gasteiger partial charge in [0.15, 0.2) is 0 Å². The summed E-state index contributed by atoms with van der Waals surface area (Å²) in [7, 11) is -2.43. The Morgan fingerprint density at radius 3 is 2.20 bits per heavy atom. The lowest BCUT2D eigenvalue weighted by Crippen LogP contribution is -2.48. The van der Waals surface area contributed by atoms with Crippen LogP contribution in [0, 0.1) is 0 Å². The molecule has 0 radical (unpaired) electrons. The molecule has 0 bridgehead atoms. The number of esters is 1. The summed E-state index contributed by atoms with van der Waals surface area (Å²) >= 11 is 0. The van der Waals surface area contributed by atoms with Crippen LogP contribution in [0.3, 0.4) is 0 Å². The molecule has 1 aliphatic heterocycles. The topological polar surface area (TPSA) is 96.0 Å². The smallest absolute Gasteiger partial charge is 0.337 e. The molecule has 0 aliphatic carbocycles. The van der Waals surface area contributed by atoms with Crippen LogP contribution in [0.15, 0.2) is 83.8 Å². The van der Waals surface area contributed by atoms with Gasteiger partial charge in [0.05, 0.1) is 17.6 Å². The van der Waals surface area contributed by atoms with Crippen LogP contribution in [-0.4, -0.2) is 62.8 Å². The van der Waals surface area contributed by atoms with Gasteiger partial charge in [0, 0.05) is 44.0 Å². The molecule has 9 heteroatoms. The van der Waals surface area contributed by atoms with E-state index in [2.05, 4.69) is 27.1 Å². The lowest BCUT2D eigenvalue weighted by atomic mass is 10.2. The predicted molar refractivity (Wildman–Crippen MR) is 133 cm³/mol. The number of sulfonamides is 1. The molecule has 3 aromatic carbocycles. The van der Waals surface area contributed by atoms with Gasteiger partial charge in [-0.2, -0.15) is 4.31 Å². The number of hydrogen-bond donors (Lipinski definition) is 1. The Morgan fingerprint density at radius 1 is 0.857 bits per heavy atom. The summed E-state index contributed by atoms with van der Waals surface area (Å²) in [6.07, 6.45) is 0. The van der Waals surface area contributed by atoms with E-state index >= 15 is 0 Å². The Bertz CT molecular complexity index is 1290. The molecule has 1 saturated heterocycles. The molecule has 182 valence electrons. The molecule has 3 aromatic rings. The summed E-state index contributed by atoms with van der Waals surface area (Å²) < 4.78 is 32.6. The second-order valence-electron chi connectivity index (χ2n) is 8.22. The van der Waals surface area contributed by atoms with E-state index in [1.54, 1.807) is 36.4 Å². The van der Waals surface area contributed by atoms with Gasteiger partial charge in [0.25, 0.3) is 5.91 Å². The first-order chi connectivity index (χ1) is 16.9. The van der Waals surface area contributed by atoms with Crippen molar-refractivity contribution >= 4 is 27.6 Å². The van der Waals surface area contributed by atoms with Gasteiger partial charge >= 0.3 is 5.97 Å². The third kappa shape index (κ3) is 5.94. The van der Waals surface area contributed by atoms with E-state index in [1.807, 2.05) is 18.2 Å². The Morgan fingerprint density at radius 2 is 1.54 bits per heavy atom. The number of piperazine rings is 1. The highest BCUT2D eigenvalue weighted by Crippen LogP contribution is 2.21. The highest BCUT2D eigenvalue weighted by Gasteiger charge is 2.29. The van der Waals surface area contributed by atoms with Crippen LogP contribution in [0.2, 0.25) is 0 Å². The van der Waals surface area contributed by atoms with Crippen molar-refractivity contribution < 1.29 is 22.7 Å². The number of rotatable bonds is 7. The third-order valence-corrected chi connectivity index (χ3v) is 7.77. The second-order valence-corrected chi connectivity index (χ2v) is 10.2. The zero-order valence-electron chi connectivity index (χ0n) is 19.4. The average molecular weight is 494 g/mol. The van der Waals surface area contributed by atoms with Gasteiger partial charge in [0.2, 0.25) is 10.0 Å². The number of nitrogens with zero attached hydrogens (tertiary/aromatic N) is 2. The first-order valence-electron chi connectivity index (χ1n) is 11.2. The van der Waals surface area contributed by atoms with E-state index in [9.17, 15) is 18.0 Å². The molecule has 1 N–H and O–H groups in total. The molecule has 0 saturated carbocycles. The number of hydrogen-bond acceptors (Lipinski definition) is 6. The second kappa shape index (κ2) is 10.8. The number of ether oxygens (including phenoxy) is 1. The van der Waals surface area contributed by atoms with Gasteiger partial charge in [-0.1, -0.05) is 36.4 Å². The number of carbonyl (C=O) groups is 2. The summed E-state index contributed by atoms with van der Waals surface area (Å²) in [4.78, 5) is 26.6. The third-order valence-electron chi connectivity index (χ3n) is 5.88. The summed E-state index contributed by atoms with van der Waals surface area (Å²) in [5, 5.41) is 2.72. The summed E-state index contributed by atoms with van der Waals surface area (Å²) in [5.74, 6) is -0.915. The number of benzene rings is 3. The molecular weight excluding hydrogens is 466 g/mol. The lowest BCUT2D eigenvalue weighted by Gasteiger charge is -2.34. The van der Waals surface area contributed by atoms with Crippen LogP contribution in [0.5, 0.6) is 0 Å². The van der Waals surface area contributed by atoms with Crippen LogP contribution in [0.4, 0.5) is 5.69 Å². The largest absolute Gasteiger partial charge is 0.465 e. The normalized spacial score (nSPS) is 14.9. The first kappa shape index (κ1) is 24.6. The van der Waals surface area contributed by atoms with E-state index < -0.39 is 21.9 Å². The van der Waals surface area contributed by atoms with Crippen LogP contribution >= 0.6 is 0 Å². The standard InChI is InChI=1S/C26H27N3O5S/c1-34-26(31)21-10-12-23(13-11-21)27-25(30)22-8-5-9-24(18-22)35(32,33)29-16-14-28(15-17-29)19-20-6-3-2-4-7-20/h2-13,18H,14-17,19H2,1H3,(H,27,30). The van der Waals surface area contributed by atoms with Gasteiger partial charge in [0.1, 0.15) is 0 Å². The Balaban J connectivity index is 1.40. The van der Waals surface area contributed by atoms with E-state index in [0.29, 0.717) is 37.4 Å². The molecule has 8 nitrogen and oxygen atoms in total. The Kier molecular flexibility index (Phi) is 7.60.